The minimum absolute atomic E-state index is 0.242. The molecule has 3 fully saturated rings. The molecule has 1 saturated heterocycles. The van der Waals surface area contributed by atoms with Crippen LogP contribution in [0.2, 0.25) is 5.02 Å². The van der Waals surface area contributed by atoms with Crippen LogP contribution in [0.25, 0.3) is 10.9 Å². The van der Waals surface area contributed by atoms with Gasteiger partial charge in [-0.25, -0.2) is 9.78 Å². The first kappa shape index (κ1) is 24.3. The molecule has 6 nitrogen and oxygen atoms in total. The second-order valence-electron chi connectivity index (χ2n) is 10.9. The van der Waals surface area contributed by atoms with Crippen molar-refractivity contribution < 1.29 is 14.5 Å². The number of anilines is 1. The molecule has 0 amide bonds. The zero-order valence-corrected chi connectivity index (χ0v) is 21.2. The average Bonchev–Trinajstić information content (AvgIpc) is 2.82. The van der Waals surface area contributed by atoms with Gasteiger partial charge in [0.05, 0.1) is 17.7 Å². The molecule has 3 aliphatic rings. The Balaban J connectivity index is 1.09. The third-order valence-electron chi connectivity index (χ3n) is 7.72. The minimum atomic E-state index is -0.561. The van der Waals surface area contributed by atoms with Gasteiger partial charge in [0, 0.05) is 53.3 Å². The van der Waals surface area contributed by atoms with Crippen molar-refractivity contribution in [3.63, 3.8) is 0 Å². The molecule has 0 bridgehead atoms. The number of fused-ring (bicyclic) bond motifs is 1. The van der Waals surface area contributed by atoms with E-state index in [-0.39, 0.29) is 5.60 Å². The summed E-state index contributed by atoms with van der Waals surface area (Å²) in [5, 5.41) is 9.56. The molecule has 7 heteroatoms. The van der Waals surface area contributed by atoms with Crippen LogP contribution < -0.4 is 10.6 Å². The highest BCUT2D eigenvalue weighted by molar-refractivity contribution is 6.31. The molecule has 0 unspecified atom stereocenters. The first-order chi connectivity index (χ1) is 16.4. The second-order valence-corrected chi connectivity index (χ2v) is 11.4. The zero-order valence-electron chi connectivity index (χ0n) is 20.4. The highest BCUT2D eigenvalue weighted by Gasteiger charge is 2.42. The molecule has 2 heterocycles. The lowest BCUT2D eigenvalue weighted by Crippen LogP contribution is -2.50. The van der Waals surface area contributed by atoms with Crippen LogP contribution >= 0.6 is 11.6 Å². The Bertz CT molecular complexity index is 969. The van der Waals surface area contributed by atoms with Gasteiger partial charge in [0.2, 0.25) is 5.79 Å². The summed E-state index contributed by atoms with van der Waals surface area (Å²) < 4.78 is 6.16. The number of pyridine rings is 1. The fraction of sp³-hybridized carbons (Fsp3) is 0.667. The normalized spacial score (nSPS) is 32.3. The van der Waals surface area contributed by atoms with E-state index in [1.54, 1.807) is 0 Å². The minimum Gasteiger partial charge on any atom is -0.382 e. The van der Waals surface area contributed by atoms with Crippen molar-refractivity contribution in [2.45, 2.75) is 108 Å². The van der Waals surface area contributed by atoms with Gasteiger partial charge in [-0.05, 0) is 89.5 Å². The van der Waals surface area contributed by atoms with E-state index in [0.717, 1.165) is 66.7 Å². The van der Waals surface area contributed by atoms with Gasteiger partial charge in [-0.2, -0.15) is 0 Å². The van der Waals surface area contributed by atoms with Crippen LogP contribution in [-0.4, -0.2) is 41.1 Å². The van der Waals surface area contributed by atoms with E-state index in [1.807, 2.05) is 18.3 Å². The molecule has 2 N–H and O–H groups in total. The van der Waals surface area contributed by atoms with Crippen molar-refractivity contribution in [2.75, 3.05) is 11.9 Å². The number of hydrogen-bond acceptors (Lipinski definition) is 6. The summed E-state index contributed by atoms with van der Waals surface area (Å²) in [6.45, 7) is 4.94. The molecule has 2 aromatic rings. The molecule has 1 aliphatic heterocycles. The Hall–Kier alpha value is -1.44. The van der Waals surface area contributed by atoms with E-state index in [2.05, 4.69) is 41.6 Å². The van der Waals surface area contributed by atoms with Crippen LogP contribution in [0.3, 0.4) is 0 Å². The maximum Gasteiger partial charge on any atom is 0.201 e. The molecule has 186 valence electrons. The molecular formula is C27H38ClN3O3. The quantitative estimate of drug-likeness (QED) is 0.488. The van der Waals surface area contributed by atoms with Gasteiger partial charge in [-0.1, -0.05) is 11.6 Å². The van der Waals surface area contributed by atoms with Crippen molar-refractivity contribution in [1.82, 2.24) is 10.3 Å². The number of rotatable bonds is 4. The van der Waals surface area contributed by atoms with Crippen molar-refractivity contribution in [3.8, 4) is 0 Å². The van der Waals surface area contributed by atoms with Gasteiger partial charge >= 0.3 is 0 Å². The van der Waals surface area contributed by atoms with E-state index >= 15 is 0 Å². The van der Waals surface area contributed by atoms with Crippen molar-refractivity contribution in [2.24, 2.45) is 0 Å². The Morgan fingerprint density at radius 3 is 2.44 bits per heavy atom. The van der Waals surface area contributed by atoms with E-state index in [1.165, 1.54) is 25.7 Å². The van der Waals surface area contributed by atoms with E-state index in [0.29, 0.717) is 18.1 Å². The van der Waals surface area contributed by atoms with E-state index < -0.39 is 5.79 Å². The summed E-state index contributed by atoms with van der Waals surface area (Å²) >= 11 is 6.14. The molecule has 5 rings (SSSR count). The zero-order chi connectivity index (χ0) is 23.6. The molecular weight excluding hydrogens is 450 g/mol. The fourth-order valence-electron chi connectivity index (χ4n) is 5.67. The van der Waals surface area contributed by atoms with Crippen LogP contribution in [0.15, 0.2) is 30.5 Å². The summed E-state index contributed by atoms with van der Waals surface area (Å²) in [7, 11) is 0. The van der Waals surface area contributed by atoms with Gasteiger partial charge in [0.1, 0.15) is 0 Å². The molecule has 0 atom stereocenters. The molecule has 34 heavy (non-hydrogen) atoms. The predicted molar refractivity (Wildman–Crippen MR) is 136 cm³/mol. The van der Waals surface area contributed by atoms with Crippen LogP contribution in [-0.2, 0) is 14.5 Å². The van der Waals surface area contributed by atoms with Crippen LogP contribution in [0.1, 0.15) is 78.1 Å². The molecule has 0 radical (unpaired) electrons. The second kappa shape index (κ2) is 10.3. The summed E-state index contributed by atoms with van der Waals surface area (Å²) in [4.78, 5) is 16.1. The number of nitrogens with one attached hydrogen (secondary N) is 2. The lowest BCUT2D eigenvalue weighted by atomic mass is 9.86. The van der Waals surface area contributed by atoms with Crippen molar-refractivity contribution in [3.05, 3.63) is 35.5 Å². The topological polar surface area (TPSA) is 64.6 Å². The molecule has 2 aliphatic carbocycles. The van der Waals surface area contributed by atoms with Crippen LogP contribution in [0, 0.1) is 0 Å². The van der Waals surface area contributed by atoms with Gasteiger partial charge < -0.3 is 15.4 Å². The first-order valence-corrected chi connectivity index (χ1v) is 13.4. The Kier molecular flexibility index (Phi) is 7.33. The van der Waals surface area contributed by atoms with E-state index in [4.69, 9.17) is 26.1 Å². The SMILES string of the molecule is CC1(C)CCCOC2(CCC(N[C@H]3CC[C@H](Nc4ccnc5cc(Cl)ccc45)CC3)CC2)OO1. The largest absolute Gasteiger partial charge is 0.382 e. The predicted octanol–water partition coefficient (Wildman–Crippen LogP) is 6.38. The Labute approximate surface area is 208 Å². The monoisotopic (exact) mass is 487 g/mol. The first-order valence-electron chi connectivity index (χ1n) is 13.0. The van der Waals surface area contributed by atoms with Gasteiger partial charge in [0.25, 0.3) is 0 Å². The van der Waals surface area contributed by atoms with Gasteiger partial charge in [0.15, 0.2) is 0 Å². The Morgan fingerprint density at radius 1 is 0.912 bits per heavy atom. The molecule has 1 aromatic heterocycles. The fourth-order valence-corrected chi connectivity index (χ4v) is 5.83. The molecule has 2 saturated carbocycles. The third-order valence-corrected chi connectivity index (χ3v) is 7.95. The Morgan fingerprint density at radius 2 is 1.65 bits per heavy atom. The lowest BCUT2D eigenvalue weighted by molar-refractivity contribution is -0.475. The standard InChI is InChI=1S/C27H38ClN3O3/c1-26(2)13-3-17-32-27(34-33-26)14-10-22(11-15-27)30-20-5-7-21(8-6-20)31-24-12-16-29-25-18-19(28)4-9-23(24)25/h4,9,12,16,18,20-22,30H,3,5-8,10-11,13-15,17H2,1-2H3,(H,29,31)/t20-,21-,22?,27?. The number of aromatic nitrogens is 1. The molecule has 1 spiro atoms. The number of ether oxygens (including phenoxy) is 1. The summed E-state index contributed by atoms with van der Waals surface area (Å²) in [6, 6.07) is 9.60. The van der Waals surface area contributed by atoms with Crippen molar-refractivity contribution >= 4 is 28.2 Å². The lowest BCUT2D eigenvalue weighted by Gasteiger charge is -2.43. The number of benzene rings is 1. The molecule has 1 aromatic carbocycles. The average molecular weight is 488 g/mol. The summed E-state index contributed by atoms with van der Waals surface area (Å²) in [6.07, 6.45) is 12.4. The number of hydrogen-bond donors (Lipinski definition) is 2. The maximum atomic E-state index is 6.16. The summed E-state index contributed by atoms with van der Waals surface area (Å²) in [5.41, 5.74) is 1.85. The van der Waals surface area contributed by atoms with E-state index in [9.17, 15) is 0 Å². The van der Waals surface area contributed by atoms with Crippen LogP contribution in [0.4, 0.5) is 5.69 Å². The van der Waals surface area contributed by atoms with Gasteiger partial charge in [-0.3, -0.25) is 4.98 Å². The van der Waals surface area contributed by atoms with Gasteiger partial charge in [-0.15, -0.1) is 0 Å². The maximum absolute atomic E-state index is 6.16. The third kappa shape index (κ3) is 5.85. The summed E-state index contributed by atoms with van der Waals surface area (Å²) in [5.74, 6) is -0.561. The highest BCUT2D eigenvalue weighted by Crippen LogP contribution is 2.37. The van der Waals surface area contributed by atoms with Crippen LogP contribution in [0.5, 0.6) is 0 Å². The highest BCUT2D eigenvalue weighted by atomic mass is 35.5. The van der Waals surface area contributed by atoms with Crippen molar-refractivity contribution in [1.29, 1.82) is 0 Å². The number of halogens is 1. The number of nitrogens with zero attached hydrogens (tertiary/aromatic N) is 1. The smallest absolute Gasteiger partial charge is 0.201 e.